The minimum atomic E-state index is -0.241. The van der Waals surface area contributed by atoms with E-state index >= 15 is 0 Å². The molecular formula is C14H12FN3S2. The van der Waals surface area contributed by atoms with E-state index in [4.69, 9.17) is 12.2 Å². The van der Waals surface area contributed by atoms with Gasteiger partial charge in [-0.1, -0.05) is 18.2 Å². The number of nitrogens with zero attached hydrogens (tertiary/aromatic N) is 2. The molecule has 102 valence electrons. The predicted molar refractivity (Wildman–Crippen MR) is 80.9 cm³/mol. The number of aromatic nitrogens is 3. The highest BCUT2D eigenvalue weighted by Gasteiger charge is 2.16. The minimum absolute atomic E-state index is 0.0149. The van der Waals surface area contributed by atoms with E-state index in [1.807, 2.05) is 29.0 Å². The highest BCUT2D eigenvalue weighted by atomic mass is 32.1. The Morgan fingerprint density at radius 1 is 1.30 bits per heavy atom. The fourth-order valence-electron chi connectivity index (χ4n) is 2.13. The Bertz CT molecular complexity index is 757. The van der Waals surface area contributed by atoms with E-state index < -0.39 is 0 Å². The monoisotopic (exact) mass is 305 g/mol. The lowest BCUT2D eigenvalue weighted by molar-refractivity contribution is 0.614. The van der Waals surface area contributed by atoms with Crippen LogP contribution in [0.15, 0.2) is 41.8 Å². The first kappa shape index (κ1) is 13.2. The molecule has 3 aromatic rings. The zero-order chi connectivity index (χ0) is 14.1. The molecule has 1 atom stereocenters. The van der Waals surface area contributed by atoms with Crippen LogP contribution in [0.4, 0.5) is 4.39 Å². The second-order valence-corrected chi connectivity index (χ2v) is 5.76. The molecule has 0 unspecified atom stereocenters. The lowest BCUT2D eigenvalue weighted by Crippen LogP contribution is -2.08. The van der Waals surface area contributed by atoms with Crippen LogP contribution in [0.5, 0.6) is 0 Å². The Morgan fingerprint density at radius 3 is 2.70 bits per heavy atom. The van der Waals surface area contributed by atoms with Gasteiger partial charge in [0.2, 0.25) is 0 Å². The van der Waals surface area contributed by atoms with Gasteiger partial charge in [0, 0.05) is 0 Å². The molecular weight excluding hydrogens is 293 g/mol. The van der Waals surface area contributed by atoms with Crippen molar-refractivity contribution in [2.75, 3.05) is 0 Å². The van der Waals surface area contributed by atoms with Crippen LogP contribution in [0.3, 0.4) is 0 Å². The Balaban J connectivity index is 2.08. The summed E-state index contributed by atoms with van der Waals surface area (Å²) in [5.41, 5.74) is 0.988. The zero-order valence-corrected chi connectivity index (χ0v) is 12.3. The molecule has 0 spiro atoms. The summed E-state index contributed by atoms with van der Waals surface area (Å²) in [6.07, 6.45) is 0. The molecule has 0 bridgehead atoms. The lowest BCUT2D eigenvalue weighted by atomic mass is 10.1. The molecule has 0 radical (unpaired) electrons. The molecule has 2 aromatic heterocycles. The number of halogens is 1. The van der Waals surface area contributed by atoms with E-state index in [2.05, 4.69) is 10.2 Å². The van der Waals surface area contributed by atoms with Crippen LogP contribution in [0.25, 0.3) is 10.7 Å². The van der Waals surface area contributed by atoms with Crippen LogP contribution in [0.2, 0.25) is 0 Å². The number of aromatic amines is 1. The summed E-state index contributed by atoms with van der Waals surface area (Å²) in [6, 6.07) is 10.4. The van der Waals surface area contributed by atoms with Gasteiger partial charge in [-0.3, -0.25) is 9.67 Å². The molecule has 0 aliphatic rings. The van der Waals surface area contributed by atoms with Crippen molar-refractivity contribution >= 4 is 23.6 Å². The fourth-order valence-corrected chi connectivity index (χ4v) is 3.13. The summed E-state index contributed by atoms with van der Waals surface area (Å²) < 4.78 is 15.5. The molecule has 0 aliphatic heterocycles. The van der Waals surface area contributed by atoms with Gasteiger partial charge in [-0.05, 0) is 48.3 Å². The predicted octanol–water partition coefficient (Wildman–Crippen LogP) is 4.42. The highest BCUT2D eigenvalue weighted by Crippen LogP contribution is 2.28. The van der Waals surface area contributed by atoms with E-state index in [0.29, 0.717) is 4.77 Å². The Kier molecular flexibility index (Phi) is 3.50. The zero-order valence-electron chi connectivity index (χ0n) is 10.7. The largest absolute Gasteiger partial charge is 0.292 e. The molecule has 3 nitrogen and oxygen atoms in total. The van der Waals surface area contributed by atoms with Gasteiger partial charge in [-0.25, -0.2) is 4.39 Å². The first-order valence-corrected chi connectivity index (χ1v) is 7.42. The van der Waals surface area contributed by atoms with Gasteiger partial charge in [0.25, 0.3) is 0 Å². The summed E-state index contributed by atoms with van der Waals surface area (Å²) >= 11 is 6.93. The number of nitrogens with one attached hydrogen (secondary N) is 1. The maximum absolute atomic E-state index is 13.0. The number of thiophene rings is 1. The quantitative estimate of drug-likeness (QED) is 0.727. The van der Waals surface area contributed by atoms with Gasteiger partial charge < -0.3 is 0 Å². The van der Waals surface area contributed by atoms with Gasteiger partial charge in [-0.2, -0.15) is 5.10 Å². The van der Waals surface area contributed by atoms with Crippen molar-refractivity contribution in [1.82, 2.24) is 14.8 Å². The van der Waals surface area contributed by atoms with Crippen molar-refractivity contribution in [1.29, 1.82) is 0 Å². The topological polar surface area (TPSA) is 33.6 Å². The lowest BCUT2D eigenvalue weighted by Gasteiger charge is -2.15. The molecule has 3 rings (SSSR count). The smallest absolute Gasteiger partial charge is 0.196 e. The van der Waals surface area contributed by atoms with Gasteiger partial charge in [0.05, 0.1) is 10.9 Å². The van der Waals surface area contributed by atoms with E-state index in [1.165, 1.54) is 12.1 Å². The molecule has 1 aromatic carbocycles. The molecule has 0 aliphatic carbocycles. The third-order valence-electron chi connectivity index (χ3n) is 3.19. The van der Waals surface area contributed by atoms with Crippen molar-refractivity contribution in [2.45, 2.75) is 13.0 Å². The van der Waals surface area contributed by atoms with Crippen LogP contribution in [0, 0.1) is 10.6 Å². The summed E-state index contributed by atoms with van der Waals surface area (Å²) in [5.74, 6) is 0.567. The van der Waals surface area contributed by atoms with Gasteiger partial charge >= 0.3 is 0 Å². The molecule has 1 N–H and O–H groups in total. The number of hydrogen-bond donors (Lipinski definition) is 1. The van der Waals surface area contributed by atoms with Crippen molar-refractivity contribution in [3.63, 3.8) is 0 Å². The van der Waals surface area contributed by atoms with E-state index in [0.717, 1.165) is 16.3 Å². The van der Waals surface area contributed by atoms with E-state index in [-0.39, 0.29) is 11.9 Å². The standard InChI is InChI=1S/C14H12FN3S2/c1-9(10-4-6-11(15)7-5-10)18-13(16-17-14(18)19)12-3-2-8-20-12/h2-9H,1H3,(H,17,19)/t9-/m0/s1. The van der Waals surface area contributed by atoms with Crippen LogP contribution in [-0.2, 0) is 0 Å². The number of rotatable bonds is 3. The van der Waals surface area contributed by atoms with Crippen LogP contribution in [-0.4, -0.2) is 14.8 Å². The highest BCUT2D eigenvalue weighted by molar-refractivity contribution is 7.71. The molecule has 2 heterocycles. The maximum Gasteiger partial charge on any atom is 0.196 e. The summed E-state index contributed by atoms with van der Waals surface area (Å²) in [5, 5.41) is 9.14. The van der Waals surface area contributed by atoms with E-state index in [1.54, 1.807) is 23.5 Å². The van der Waals surface area contributed by atoms with Crippen LogP contribution < -0.4 is 0 Å². The van der Waals surface area contributed by atoms with Crippen LogP contribution >= 0.6 is 23.6 Å². The first-order valence-electron chi connectivity index (χ1n) is 6.13. The van der Waals surface area contributed by atoms with E-state index in [9.17, 15) is 4.39 Å². The summed E-state index contributed by atoms with van der Waals surface area (Å²) in [4.78, 5) is 1.05. The maximum atomic E-state index is 13.0. The second kappa shape index (κ2) is 5.30. The second-order valence-electron chi connectivity index (χ2n) is 4.43. The van der Waals surface area contributed by atoms with Gasteiger partial charge in [0.15, 0.2) is 10.6 Å². The third-order valence-corrected chi connectivity index (χ3v) is 4.34. The average Bonchev–Trinajstić information content (AvgIpc) is 3.07. The molecule has 20 heavy (non-hydrogen) atoms. The SMILES string of the molecule is C[C@@H](c1ccc(F)cc1)n1c(-c2cccs2)n[nH]c1=S. The van der Waals surface area contributed by atoms with Crippen molar-refractivity contribution < 1.29 is 4.39 Å². The average molecular weight is 305 g/mol. The first-order chi connectivity index (χ1) is 9.66. The molecule has 0 fully saturated rings. The summed E-state index contributed by atoms with van der Waals surface area (Å²) in [7, 11) is 0. The van der Waals surface area contributed by atoms with Crippen LogP contribution in [0.1, 0.15) is 18.5 Å². The van der Waals surface area contributed by atoms with Crippen molar-refractivity contribution in [3.05, 3.63) is 57.9 Å². The number of H-pyrrole nitrogens is 1. The Labute approximate surface area is 124 Å². The molecule has 0 amide bonds. The molecule has 0 saturated carbocycles. The third kappa shape index (κ3) is 2.32. The Hall–Kier alpha value is -1.79. The molecule has 6 heteroatoms. The summed E-state index contributed by atoms with van der Waals surface area (Å²) in [6.45, 7) is 2.02. The van der Waals surface area contributed by atoms with Crippen molar-refractivity contribution in [2.24, 2.45) is 0 Å². The van der Waals surface area contributed by atoms with Gasteiger partial charge in [0.1, 0.15) is 5.82 Å². The van der Waals surface area contributed by atoms with Crippen molar-refractivity contribution in [3.8, 4) is 10.7 Å². The number of benzene rings is 1. The Morgan fingerprint density at radius 2 is 2.05 bits per heavy atom. The van der Waals surface area contributed by atoms with Gasteiger partial charge in [-0.15, -0.1) is 11.3 Å². The fraction of sp³-hybridized carbons (Fsp3) is 0.143. The molecule has 0 saturated heterocycles. The minimum Gasteiger partial charge on any atom is -0.292 e. The number of hydrogen-bond acceptors (Lipinski definition) is 3. The normalized spacial score (nSPS) is 12.5.